The quantitative estimate of drug-likeness (QED) is 0.695. The van der Waals surface area contributed by atoms with Crippen molar-refractivity contribution < 1.29 is 19.1 Å². The average Bonchev–Trinajstić information content (AvgIpc) is 3.36. The van der Waals surface area contributed by atoms with Crippen molar-refractivity contribution in [2.24, 2.45) is 17.8 Å². The number of nitrogens with zero attached hydrogens (tertiary/aromatic N) is 1. The molecule has 0 aromatic heterocycles. The van der Waals surface area contributed by atoms with Gasteiger partial charge in [0.25, 0.3) is 0 Å². The van der Waals surface area contributed by atoms with E-state index in [9.17, 15) is 14.4 Å². The van der Waals surface area contributed by atoms with Crippen molar-refractivity contribution in [1.82, 2.24) is 10.2 Å². The monoisotopic (exact) mass is 453 g/mol. The summed E-state index contributed by atoms with van der Waals surface area (Å²) in [6.45, 7) is 4.13. The third-order valence-corrected chi connectivity index (χ3v) is 7.26. The highest BCUT2D eigenvalue weighted by Crippen LogP contribution is 2.55. The fourth-order valence-electron chi connectivity index (χ4n) is 5.43. The maximum Gasteiger partial charge on any atom is 0.250 e. The molecule has 7 nitrogen and oxygen atoms in total. The largest absolute Gasteiger partial charge is 0.497 e. The zero-order valence-electron chi connectivity index (χ0n) is 18.0. The molecule has 2 aromatic carbocycles. The predicted molar refractivity (Wildman–Crippen MR) is 119 cm³/mol. The predicted octanol–water partition coefficient (Wildman–Crippen LogP) is 2.93. The van der Waals surface area contributed by atoms with Crippen LogP contribution in [-0.4, -0.2) is 35.8 Å². The van der Waals surface area contributed by atoms with E-state index in [4.69, 9.17) is 16.3 Å². The molecule has 3 heterocycles. The van der Waals surface area contributed by atoms with Crippen LogP contribution in [0.1, 0.15) is 25.0 Å². The van der Waals surface area contributed by atoms with Gasteiger partial charge in [0.1, 0.15) is 11.3 Å². The minimum Gasteiger partial charge on any atom is -0.497 e. The first-order valence-electron chi connectivity index (χ1n) is 10.7. The van der Waals surface area contributed by atoms with E-state index < -0.39 is 17.4 Å². The molecular formula is C24H24ClN3O4. The Morgan fingerprint density at radius 3 is 2.47 bits per heavy atom. The average molecular weight is 454 g/mol. The van der Waals surface area contributed by atoms with Crippen molar-refractivity contribution in [1.29, 1.82) is 0 Å². The number of fused-ring (bicyclic) bond motifs is 4. The van der Waals surface area contributed by atoms with Gasteiger partial charge in [-0.1, -0.05) is 49.7 Å². The fourth-order valence-corrected chi connectivity index (χ4v) is 5.65. The van der Waals surface area contributed by atoms with Crippen LogP contribution in [-0.2, 0) is 26.5 Å². The molecule has 5 rings (SSSR count). The Morgan fingerprint density at radius 2 is 1.81 bits per heavy atom. The summed E-state index contributed by atoms with van der Waals surface area (Å²) in [6.07, 6.45) is 0. The zero-order valence-corrected chi connectivity index (χ0v) is 18.8. The molecule has 0 radical (unpaired) electrons. The van der Waals surface area contributed by atoms with E-state index in [0.717, 1.165) is 5.56 Å². The molecular weight excluding hydrogens is 430 g/mol. The van der Waals surface area contributed by atoms with Crippen LogP contribution in [0.25, 0.3) is 0 Å². The van der Waals surface area contributed by atoms with Crippen LogP contribution in [0.3, 0.4) is 0 Å². The molecule has 32 heavy (non-hydrogen) atoms. The molecule has 2 saturated heterocycles. The van der Waals surface area contributed by atoms with Gasteiger partial charge in [-0.25, -0.2) is 0 Å². The van der Waals surface area contributed by atoms with Crippen LogP contribution in [0, 0.1) is 17.8 Å². The summed E-state index contributed by atoms with van der Waals surface area (Å²) in [5.41, 5.74) is 0.625. The van der Waals surface area contributed by atoms with Crippen molar-refractivity contribution in [2.45, 2.75) is 32.0 Å². The molecule has 2 N–H and O–H groups in total. The summed E-state index contributed by atoms with van der Waals surface area (Å²) in [5, 5.41) is 6.67. The number of para-hydroxylation sites is 1. The van der Waals surface area contributed by atoms with Crippen LogP contribution in [0.5, 0.6) is 5.75 Å². The third-order valence-electron chi connectivity index (χ3n) is 6.94. The topological polar surface area (TPSA) is 87.7 Å². The van der Waals surface area contributed by atoms with Gasteiger partial charge in [0.15, 0.2) is 0 Å². The Morgan fingerprint density at radius 1 is 1.09 bits per heavy atom. The van der Waals surface area contributed by atoms with Gasteiger partial charge in [-0.2, -0.15) is 0 Å². The van der Waals surface area contributed by atoms with Crippen LogP contribution >= 0.6 is 11.6 Å². The minimum absolute atomic E-state index is 0.0376. The number of halogens is 1. The van der Waals surface area contributed by atoms with E-state index >= 15 is 0 Å². The smallest absolute Gasteiger partial charge is 0.250 e. The summed E-state index contributed by atoms with van der Waals surface area (Å²) in [7, 11) is 1.58. The lowest BCUT2D eigenvalue weighted by molar-refractivity contribution is -0.143. The molecule has 3 aliphatic rings. The van der Waals surface area contributed by atoms with Crippen LogP contribution in [0.15, 0.2) is 42.5 Å². The van der Waals surface area contributed by atoms with Gasteiger partial charge < -0.3 is 10.1 Å². The summed E-state index contributed by atoms with van der Waals surface area (Å²) in [4.78, 5) is 41.9. The summed E-state index contributed by atoms with van der Waals surface area (Å²) < 4.78 is 5.19. The number of amides is 3. The zero-order chi connectivity index (χ0) is 22.8. The Kier molecular flexibility index (Phi) is 4.80. The Balaban J connectivity index is 1.58. The third kappa shape index (κ3) is 2.74. The van der Waals surface area contributed by atoms with Crippen molar-refractivity contribution in [2.75, 3.05) is 12.4 Å². The van der Waals surface area contributed by atoms with Gasteiger partial charge in [0, 0.05) is 11.6 Å². The second kappa shape index (κ2) is 7.32. The molecule has 0 bridgehead atoms. The molecule has 166 valence electrons. The maximum absolute atomic E-state index is 13.7. The molecule has 8 heteroatoms. The van der Waals surface area contributed by atoms with Gasteiger partial charge in [0.2, 0.25) is 17.7 Å². The fraction of sp³-hybridized carbons (Fsp3) is 0.375. The first-order chi connectivity index (χ1) is 15.3. The maximum atomic E-state index is 13.7. The number of benzene rings is 2. The van der Waals surface area contributed by atoms with Gasteiger partial charge in [-0.15, -0.1) is 0 Å². The Labute approximate surface area is 191 Å². The molecule has 0 aliphatic carbocycles. The lowest BCUT2D eigenvalue weighted by Gasteiger charge is -2.30. The number of imide groups is 1. The second-order valence-electron chi connectivity index (χ2n) is 8.95. The normalized spacial score (nSPS) is 28.5. The first-order valence-corrected chi connectivity index (χ1v) is 11.0. The van der Waals surface area contributed by atoms with Gasteiger partial charge >= 0.3 is 0 Å². The molecule has 0 saturated carbocycles. The van der Waals surface area contributed by atoms with E-state index in [2.05, 4.69) is 10.6 Å². The number of likely N-dealkylation sites (tertiary alicyclic amines) is 1. The molecule has 4 atom stereocenters. The number of ether oxygens (including phenoxy) is 1. The highest BCUT2D eigenvalue weighted by Gasteiger charge is 2.70. The molecule has 2 aromatic rings. The number of rotatable bonds is 4. The molecule has 3 aliphatic heterocycles. The first kappa shape index (κ1) is 21.0. The number of nitrogens with one attached hydrogen (secondary N) is 2. The lowest BCUT2D eigenvalue weighted by atomic mass is 9.76. The van der Waals surface area contributed by atoms with E-state index in [1.807, 2.05) is 26.0 Å². The van der Waals surface area contributed by atoms with Crippen LogP contribution < -0.4 is 15.4 Å². The minimum atomic E-state index is -1.32. The van der Waals surface area contributed by atoms with Crippen LogP contribution in [0.4, 0.5) is 5.69 Å². The highest BCUT2D eigenvalue weighted by atomic mass is 35.5. The number of hydrogen-bond acceptors (Lipinski definition) is 5. The van der Waals surface area contributed by atoms with Crippen molar-refractivity contribution in [3.05, 3.63) is 58.6 Å². The summed E-state index contributed by atoms with van der Waals surface area (Å²) in [5.74, 6) is -1.65. The number of anilines is 1. The Hall–Kier alpha value is -2.90. The van der Waals surface area contributed by atoms with Crippen molar-refractivity contribution >= 4 is 35.0 Å². The number of carbonyl (C=O) groups excluding carboxylic acids is 3. The van der Waals surface area contributed by atoms with Crippen molar-refractivity contribution in [3.63, 3.8) is 0 Å². The Bertz CT molecular complexity index is 1130. The van der Waals surface area contributed by atoms with Gasteiger partial charge in [0.05, 0.1) is 36.2 Å². The van der Waals surface area contributed by atoms with E-state index in [-0.39, 0.29) is 36.2 Å². The van der Waals surface area contributed by atoms with Gasteiger partial charge in [-0.3, -0.25) is 24.6 Å². The number of methoxy groups -OCH3 is 1. The van der Waals surface area contributed by atoms with Crippen molar-refractivity contribution in [3.8, 4) is 5.75 Å². The number of carbonyl (C=O) groups is 3. The molecule has 3 amide bonds. The van der Waals surface area contributed by atoms with Crippen LogP contribution in [0.2, 0.25) is 5.02 Å². The van der Waals surface area contributed by atoms with Gasteiger partial charge in [-0.05, 0) is 29.7 Å². The highest BCUT2D eigenvalue weighted by molar-refractivity contribution is 6.35. The summed E-state index contributed by atoms with van der Waals surface area (Å²) in [6, 6.07) is 12.2. The standard InChI is InChI=1S/C24H24ClN3O4/c1-12(2)19-17-18(24(27-19)15-5-4-6-16(25)20(15)26-23(24)31)22(30)28(21(17)29)11-13-7-9-14(32-3)10-8-13/h4-10,12,17-19,27H,11H2,1-3H3,(H,26,31)/t17-,18-,19+,24+/m0/s1. The lowest BCUT2D eigenvalue weighted by Crippen LogP contribution is -2.53. The second-order valence-corrected chi connectivity index (χ2v) is 9.36. The van der Waals surface area contributed by atoms with E-state index in [0.29, 0.717) is 22.0 Å². The van der Waals surface area contributed by atoms with E-state index in [1.54, 1.807) is 37.4 Å². The molecule has 0 unspecified atom stereocenters. The summed E-state index contributed by atoms with van der Waals surface area (Å²) >= 11 is 6.35. The molecule has 1 spiro atoms. The SMILES string of the molecule is COc1ccc(CN2C(=O)[C@@H]3[C@@H](C(C)C)N[C@@]4(C(=O)Nc5c(Cl)cccc54)[C@@H]3C2=O)cc1. The van der Waals surface area contributed by atoms with E-state index in [1.165, 1.54) is 4.90 Å². The number of hydrogen-bond donors (Lipinski definition) is 2. The molecule has 2 fully saturated rings.